The number of hydrogen-bond acceptors (Lipinski definition) is 5. The van der Waals surface area contributed by atoms with Crippen LogP contribution in [0.2, 0.25) is 0 Å². The Bertz CT molecular complexity index is 481. The third-order valence-electron chi connectivity index (χ3n) is 3.57. The Labute approximate surface area is 127 Å². The monoisotopic (exact) mass is 312 g/mol. The van der Waals surface area contributed by atoms with Crippen LogP contribution in [0.5, 0.6) is 0 Å². The van der Waals surface area contributed by atoms with Gasteiger partial charge in [-0.15, -0.1) is 0 Å². The number of carbonyl (C=O) groups is 4. The first-order chi connectivity index (χ1) is 10.5. The van der Waals surface area contributed by atoms with E-state index < -0.39 is 18.1 Å². The maximum Gasteiger partial charge on any atom is 0.408 e. The molecule has 9 nitrogen and oxygen atoms in total. The topological polar surface area (TPSA) is 117 Å². The van der Waals surface area contributed by atoms with Crippen molar-refractivity contribution in [2.75, 3.05) is 26.2 Å². The average Bonchev–Trinajstić information content (AvgIpc) is 2.49. The Kier molecular flexibility index (Phi) is 5.18. The van der Waals surface area contributed by atoms with Crippen molar-refractivity contribution in [3.05, 3.63) is 0 Å². The number of nitrogens with one attached hydrogen (secondary N) is 3. The van der Waals surface area contributed by atoms with E-state index in [1.807, 2.05) is 0 Å². The van der Waals surface area contributed by atoms with Gasteiger partial charge in [0, 0.05) is 19.1 Å². The zero-order chi connectivity index (χ0) is 16.1. The van der Waals surface area contributed by atoms with Gasteiger partial charge in [0.15, 0.2) is 6.10 Å². The van der Waals surface area contributed by atoms with E-state index in [0.29, 0.717) is 13.1 Å². The number of hydrogen-bond donors (Lipinski definition) is 3. The lowest BCUT2D eigenvalue weighted by Crippen LogP contribution is -2.54. The molecule has 3 N–H and O–H groups in total. The van der Waals surface area contributed by atoms with Crippen LogP contribution in [0, 0.1) is 0 Å². The Morgan fingerprint density at radius 1 is 1.09 bits per heavy atom. The molecule has 2 bridgehead atoms. The van der Waals surface area contributed by atoms with E-state index in [1.165, 1.54) is 6.92 Å². The van der Waals surface area contributed by atoms with Gasteiger partial charge in [0.25, 0.3) is 5.91 Å². The first-order valence-electron chi connectivity index (χ1n) is 7.25. The number of rotatable bonds is 0. The highest BCUT2D eigenvalue weighted by molar-refractivity contribution is 5.88. The van der Waals surface area contributed by atoms with Gasteiger partial charge in [-0.05, 0) is 19.8 Å². The van der Waals surface area contributed by atoms with Crippen LogP contribution in [-0.2, 0) is 19.1 Å². The number of alkyl carbamates (subject to hydrolysis) is 1. The molecule has 22 heavy (non-hydrogen) atoms. The number of piperidine rings is 1. The molecular weight excluding hydrogens is 292 g/mol. The molecule has 0 spiro atoms. The van der Waals surface area contributed by atoms with Gasteiger partial charge in [-0.2, -0.15) is 0 Å². The minimum Gasteiger partial charge on any atom is -0.436 e. The molecule has 122 valence electrons. The minimum absolute atomic E-state index is 0.161. The summed E-state index contributed by atoms with van der Waals surface area (Å²) in [4.78, 5) is 48.6. The zero-order valence-corrected chi connectivity index (χ0v) is 12.4. The standard InChI is InChI=1S/C13H20N4O5/c1-8-12(20)17-4-2-3-9(7-17)16-11(19)6-14-10(18)5-15-13(21)22-8/h8-9H,2-7H2,1H3,(H,14,18)(H,15,21)(H,16,19). The van der Waals surface area contributed by atoms with Crippen molar-refractivity contribution in [3.8, 4) is 0 Å². The Morgan fingerprint density at radius 3 is 2.59 bits per heavy atom. The fourth-order valence-electron chi connectivity index (χ4n) is 2.48. The van der Waals surface area contributed by atoms with E-state index in [0.717, 1.165) is 12.8 Å². The summed E-state index contributed by atoms with van der Waals surface area (Å²) in [7, 11) is 0. The van der Waals surface area contributed by atoms with Crippen LogP contribution in [0.15, 0.2) is 0 Å². The number of ether oxygens (including phenoxy) is 1. The Balaban J connectivity index is 2.08. The molecule has 2 unspecified atom stereocenters. The summed E-state index contributed by atoms with van der Waals surface area (Å²) in [5, 5.41) is 7.42. The number of amides is 4. The molecule has 0 aromatic rings. The fraction of sp³-hybridized carbons (Fsp3) is 0.692. The second kappa shape index (κ2) is 7.10. The van der Waals surface area contributed by atoms with Crippen molar-refractivity contribution in [1.82, 2.24) is 20.9 Å². The minimum atomic E-state index is -0.944. The lowest BCUT2D eigenvalue weighted by molar-refractivity contribution is -0.141. The number of carbonyl (C=O) groups excluding carboxylic acids is 4. The quantitative estimate of drug-likeness (QED) is 0.495. The second-order valence-electron chi connectivity index (χ2n) is 5.37. The van der Waals surface area contributed by atoms with E-state index in [-0.39, 0.29) is 30.9 Å². The molecule has 0 aliphatic carbocycles. The molecule has 2 atom stereocenters. The average molecular weight is 312 g/mol. The maximum absolute atomic E-state index is 12.2. The summed E-state index contributed by atoms with van der Waals surface area (Å²) in [5.74, 6) is -1.13. The van der Waals surface area contributed by atoms with E-state index >= 15 is 0 Å². The highest BCUT2D eigenvalue weighted by Crippen LogP contribution is 2.12. The van der Waals surface area contributed by atoms with Gasteiger partial charge in [-0.1, -0.05) is 0 Å². The second-order valence-corrected chi connectivity index (χ2v) is 5.37. The summed E-state index contributed by atoms with van der Waals surface area (Å²) >= 11 is 0. The highest BCUT2D eigenvalue weighted by Gasteiger charge is 2.29. The van der Waals surface area contributed by atoms with Gasteiger partial charge in [0.05, 0.1) is 6.54 Å². The predicted octanol–water partition coefficient (Wildman–Crippen LogP) is -1.66. The molecule has 2 heterocycles. The first-order valence-corrected chi connectivity index (χ1v) is 7.25. The van der Waals surface area contributed by atoms with Gasteiger partial charge in [0.2, 0.25) is 11.8 Å². The Morgan fingerprint density at radius 2 is 1.82 bits per heavy atom. The first kappa shape index (κ1) is 16.1. The summed E-state index contributed by atoms with van der Waals surface area (Å²) in [6, 6.07) is -0.161. The largest absolute Gasteiger partial charge is 0.436 e. The molecule has 2 rings (SSSR count). The number of cyclic esters (lactones) is 1. The van der Waals surface area contributed by atoms with Gasteiger partial charge in [-0.3, -0.25) is 14.4 Å². The summed E-state index contributed by atoms with van der Waals surface area (Å²) in [6.07, 6.45) is -0.271. The van der Waals surface area contributed by atoms with Crippen molar-refractivity contribution in [1.29, 1.82) is 0 Å². The van der Waals surface area contributed by atoms with Crippen LogP contribution < -0.4 is 16.0 Å². The molecule has 2 fully saturated rings. The van der Waals surface area contributed by atoms with Gasteiger partial charge in [0.1, 0.15) is 6.54 Å². The highest BCUT2D eigenvalue weighted by atomic mass is 16.6. The SMILES string of the molecule is CC1OC(=O)NCC(=O)NCC(=O)NC2CCCN(C2)C1=O. The molecule has 0 aromatic carbocycles. The van der Waals surface area contributed by atoms with E-state index in [9.17, 15) is 19.2 Å². The molecule has 0 aromatic heterocycles. The van der Waals surface area contributed by atoms with Crippen LogP contribution in [0.3, 0.4) is 0 Å². The van der Waals surface area contributed by atoms with Crippen LogP contribution >= 0.6 is 0 Å². The van der Waals surface area contributed by atoms with Crippen molar-refractivity contribution < 1.29 is 23.9 Å². The predicted molar refractivity (Wildman–Crippen MR) is 74.7 cm³/mol. The zero-order valence-electron chi connectivity index (χ0n) is 12.4. The number of fused-ring (bicyclic) bond motifs is 2. The normalized spacial score (nSPS) is 28.0. The third-order valence-corrected chi connectivity index (χ3v) is 3.57. The van der Waals surface area contributed by atoms with E-state index in [4.69, 9.17) is 4.74 Å². The lowest BCUT2D eigenvalue weighted by atomic mass is 10.0. The van der Waals surface area contributed by atoms with Crippen molar-refractivity contribution in [3.63, 3.8) is 0 Å². The van der Waals surface area contributed by atoms with Gasteiger partial charge in [-0.25, -0.2) is 4.79 Å². The molecule has 0 saturated carbocycles. The molecule has 9 heteroatoms. The molecule has 4 amide bonds. The van der Waals surface area contributed by atoms with Crippen molar-refractivity contribution >= 4 is 23.8 Å². The van der Waals surface area contributed by atoms with Crippen LogP contribution in [0.25, 0.3) is 0 Å². The summed E-state index contributed by atoms with van der Waals surface area (Å²) < 4.78 is 4.96. The van der Waals surface area contributed by atoms with Crippen LogP contribution in [0.1, 0.15) is 19.8 Å². The van der Waals surface area contributed by atoms with Crippen molar-refractivity contribution in [2.24, 2.45) is 0 Å². The Hall–Kier alpha value is -2.32. The third kappa shape index (κ3) is 4.34. The van der Waals surface area contributed by atoms with Crippen LogP contribution in [-0.4, -0.2) is 67.0 Å². The fourth-order valence-corrected chi connectivity index (χ4v) is 2.48. The van der Waals surface area contributed by atoms with Crippen LogP contribution in [0.4, 0.5) is 4.79 Å². The molecule has 2 aliphatic rings. The van der Waals surface area contributed by atoms with E-state index in [2.05, 4.69) is 16.0 Å². The molecule has 0 radical (unpaired) electrons. The summed E-state index contributed by atoms with van der Waals surface area (Å²) in [5.41, 5.74) is 0. The maximum atomic E-state index is 12.2. The smallest absolute Gasteiger partial charge is 0.408 e. The number of nitrogens with zero attached hydrogens (tertiary/aromatic N) is 1. The molecule has 2 saturated heterocycles. The molecule has 2 aliphatic heterocycles. The molecular formula is C13H20N4O5. The lowest BCUT2D eigenvalue weighted by Gasteiger charge is -2.34. The van der Waals surface area contributed by atoms with Gasteiger partial charge >= 0.3 is 6.09 Å². The van der Waals surface area contributed by atoms with Crippen molar-refractivity contribution in [2.45, 2.75) is 31.9 Å². The summed E-state index contributed by atoms with van der Waals surface area (Å²) in [6.45, 7) is 1.93. The van der Waals surface area contributed by atoms with E-state index in [1.54, 1.807) is 4.90 Å². The van der Waals surface area contributed by atoms with Gasteiger partial charge < -0.3 is 25.6 Å².